The van der Waals surface area contributed by atoms with Crippen molar-refractivity contribution in [2.75, 3.05) is 0 Å². The highest BCUT2D eigenvalue weighted by atomic mass is 79.9. The van der Waals surface area contributed by atoms with Crippen LogP contribution in [0.5, 0.6) is 0 Å². The number of pyridine rings is 1. The Morgan fingerprint density at radius 2 is 2.21 bits per heavy atom. The summed E-state index contributed by atoms with van der Waals surface area (Å²) in [6, 6.07) is 3.28. The molecule has 0 bridgehead atoms. The third-order valence-electron chi connectivity index (χ3n) is 1.26. The molecule has 4 N–H and O–H groups in total. The van der Waals surface area contributed by atoms with Crippen molar-refractivity contribution in [3.63, 3.8) is 0 Å². The topological polar surface area (TPSA) is 80.0 Å². The van der Waals surface area contributed by atoms with Crippen LogP contribution in [0.4, 0.5) is 0 Å². The molecule has 5 nitrogen and oxygen atoms in total. The summed E-state index contributed by atoms with van der Waals surface area (Å²) in [6.45, 7) is 0. The molecule has 0 saturated carbocycles. The molecular weight excluding hydrogens is 268 g/mol. The van der Waals surface area contributed by atoms with Crippen LogP contribution in [-0.4, -0.2) is 16.0 Å². The van der Waals surface area contributed by atoms with Gasteiger partial charge in [-0.05, 0) is 40.3 Å². The molecule has 74 valence electrons. The second-order valence-corrected chi connectivity index (χ2v) is 3.66. The fourth-order valence-corrected chi connectivity index (χ4v) is 0.978. The SMILES string of the molecule is NC(=S)NNC(=O)c1ccc(Br)cn1. The van der Waals surface area contributed by atoms with E-state index in [1.165, 1.54) is 6.20 Å². The van der Waals surface area contributed by atoms with Crippen LogP contribution in [-0.2, 0) is 0 Å². The number of nitrogens with zero attached hydrogens (tertiary/aromatic N) is 1. The Kier molecular flexibility index (Phi) is 3.78. The number of amides is 1. The lowest BCUT2D eigenvalue weighted by molar-refractivity contribution is 0.0939. The number of hydrogen-bond donors (Lipinski definition) is 3. The Bertz CT molecular complexity index is 353. The third kappa shape index (κ3) is 3.27. The van der Waals surface area contributed by atoms with E-state index in [9.17, 15) is 4.79 Å². The molecule has 0 atom stereocenters. The Balaban J connectivity index is 2.61. The molecule has 1 rings (SSSR count). The van der Waals surface area contributed by atoms with Crippen molar-refractivity contribution in [2.24, 2.45) is 5.73 Å². The first-order valence-electron chi connectivity index (χ1n) is 3.57. The van der Waals surface area contributed by atoms with E-state index < -0.39 is 5.91 Å². The quantitative estimate of drug-likeness (QED) is 0.508. The molecular formula is C7H7BrN4OS. The number of thiocarbonyl (C=S) groups is 1. The summed E-state index contributed by atoms with van der Waals surface area (Å²) in [5.74, 6) is -0.398. The molecule has 0 aliphatic rings. The summed E-state index contributed by atoms with van der Waals surface area (Å²) in [5, 5.41) is -0.00420. The van der Waals surface area contributed by atoms with Gasteiger partial charge in [-0.2, -0.15) is 0 Å². The molecule has 0 spiro atoms. The van der Waals surface area contributed by atoms with E-state index in [-0.39, 0.29) is 10.8 Å². The van der Waals surface area contributed by atoms with Crippen LogP contribution in [0, 0.1) is 0 Å². The van der Waals surface area contributed by atoms with E-state index in [1.54, 1.807) is 12.1 Å². The fraction of sp³-hybridized carbons (Fsp3) is 0. The van der Waals surface area contributed by atoms with Crippen molar-refractivity contribution in [1.82, 2.24) is 15.8 Å². The Labute approximate surface area is 94.2 Å². The lowest BCUT2D eigenvalue weighted by atomic mass is 10.3. The van der Waals surface area contributed by atoms with Gasteiger partial charge in [0.15, 0.2) is 5.11 Å². The predicted octanol–water partition coefficient (Wildman–Crippen LogP) is 0.322. The zero-order valence-corrected chi connectivity index (χ0v) is 9.35. The number of rotatable bonds is 1. The highest BCUT2D eigenvalue weighted by Gasteiger charge is 2.05. The summed E-state index contributed by atoms with van der Waals surface area (Å²) >= 11 is 7.71. The Hall–Kier alpha value is -1.21. The van der Waals surface area contributed by atoms with Crippen LogP contribution in [0.3, 0.4) is 0 Å². The minimum Gasteiger partial charge on any atom is -0.375 e. The second kappa shape index (κ2) is 4.87. The lowest BCUT2D eigenvalue weighted by Crippen LogP contribution is -2.44. The zero-order chi connectivity index (χ0) is 10.6. The van der Waals surface area contributed by atoms with Crippen molar-refractivity contribution in [2.45, 2.75) is 0 Å². The van der Waals surface area contributed by atoms with Gasteiger partial charge >= 0.3 is 0 Å². The minimum absolute atomic E-state index is 0.00420. The number of carbonyl (C=O) groups is 1. The summed E-state index contributed by atoms with van der Waals surface area (Å²) in [6.07, 6.45) is 1.52. The van der Waals surface area contributed by atoms with Crippen LogP contribution in [0.2, 0.25) is 0 Å². The maximum atomic E-state index is 11.3. The highest BCUT2D eigenvalue weighted by Crippen LogP contribution is 2.06. The number of nitrogens with two attached hydrogens (primary N) is 1. The molecule has 0 aromatic carbocycles. The summed E-state index contributed by atoms with van der Waals surface area (Å²) in [5.41, 5.74) is 10.00. The van der Waals surface area contributed by atoms with Crippen molar-refractivity contribution >= 4 is 39.2 Å². The molecule has 0 aliphatic heterocycles. The van der Waals surface area contributed by atoms with Gasteiger partial charge in [0, 0.05) is 10.7 Å². The first-order chi connectivity index (χ1) is 6.59. The molecule has 0 fully saturated rings. The number of hydrazine groups is 1. The summed E-state index contributed by atoms with van der Waals surface area (Å²) in [4.78, 5) is 15.2. The maximum Gasteiger partial charge on any atom is 0.288 e. The van der Waals surface area contributed by atoms with Crippen LogP contribution in [0.15, 0.2) is 22.8 Å². The molecule has 1 aromatic heterocycles. The molecule has 1 heterocycles. The largest absolute Gasteiger partial charge is 0.375 e. The molecule has 7 heteroatoms. The smallest absolute Gasteiger partial charge is 0.288 e. The molecule has 0 radical (unpaired) electrons. The van der Waals surface area contributed by atoms with Crippen molar-refractivity contribution in [3.05, 3.63) is 28.5 Å². The number of carbonyl (C=O) groups excluding carboxylic acids is 1. The first-order valence-corrected chi connectivity index (χ1v) is 4.77. The second-order valence-electron chi connectivity index (χ2n) is 2.31. The number of aromatic nitrogens is 1. The van der Waals surface area contributed by atoms with Crippen molar-refractivity contribution in [1.29, 1.82) is 0 Å². The molecule has 0 aliphatic carbocycles. The van der Waals surface area contributed by atoms with Gasteiger partial charge in [0.2, 0.25) is 0 Å². The van der Waals surface area contributed by atoms with Crippen molar-refractivity contribution in [3.8, 4) is 0 Å². The molecule has 1 aromatic rings. The van der Waals surface area contributed by atoms with Gasteiger partial charge in [0.25, 0.3) is 5.91 Å². The average molecular weight is 275 g/mol. The number of nitrogens with one attached hydrogen (secondary N) is 2. The molecule has 1 amide bonds. The van der Waals surface area contributed by atoms with E-state index in [0.29, 0.717) is 0 Å². The van der Waals surface area contributed by atoms with Gasteiger partial charge in [-0.15, -0.1) is 0 Å². The summed E-state index contributed by atoms with van der Waals surface area (Å²) in [7, 11) is 0. The molecule has 14 heavy (non-hydrogen) atoms. The standard InChI is InChI=1S/C7H7BrN4OS/c8-4-1-2-5(10-3-4)6(13)11-12-7(9)14/h1-3H,(H,11,13)(H3,9,12,14). The summed E-state index contributed by atoms with van der Waals surface area (Å²) < 4.78 is 0.802. The Morgan fingerprint density at radius 3 is 2.71 bits per heavy atom. The van der Waals surface area contributed by atoms with E-state index >= 15 is 0 Å². The van der Waals surface area contributed by atoms with Gasteiger partial charge < -0.3 is 5.73 Å². The average Bonchev–Trinajstić information content (AvgIpc) is 2.15. The van der Waals surface area contributed by atoms with Crippen LogP contribution in [0.25, 0.3) is 0 Å². The Morgan fingerprint density at radius 1 is 1.50 bits per heavy atom. The van der Waals surface area contributed by atoms with E-state index in [0.717, 1.165) is 4.47 Å². The lowest BCUT2D eigenvalue weighted by Gasteiger charge is -2.04. The predicted molar refractivity (Wildman–Crippen MR) is 59.3 cm³/mol. The number of hydrogen-bond acceptors (Lipinski definition) is 3. The molecule has 0 unspecified atom stereocenters. The van der Waals surface area contributed by atoms with Crippen LogP contribution in [0.1, 0.15) is 10.5 Å². The first kappa shape index (κ1) is 10.9. The van der Waals surface area contributed by atoms with Gasteiger partial charge in [-0.1, -0.05) is 0 Å². The van der Waals surface area contributed by atoms with E-state index in [2.05, 4.69) is 44.0 Å². The van der Waals surface area contributed by atoms with Crippen LogP contribution < -0.4 is 16.6 Å². The van der Waals surface area contributed by atoms with E-state index in [1.807, 2.05) is 0 Å². The normalized spacial score (nSPS) is 9.21. The minimum atomic E-state index is -0.398. The molecule has 0 saturated heterocycles. The zero-order valence-electron chi connectivity index (χ0n) is 6.95. The number of halogens is 1. The van der Waals surface area contributed by atoms with E-state index in [4.69, 9.17) is 5.73 Å². The third-order valence-corrected chi connectivity index (χ3v) is 1.83. The van der Waals surface area contributed by atoms with Crippen LogP contribution >= 0.6 is 28.1 Å². The maximum absolute atomic E-state index is 11.3. The fourth-order valence-electron chi connectivity index (χ4n) is 0.693. The van der Waals surface area contributed by atoms with Crippen molar-refractivity contribution < 1.29 is 4.79 Å². The van der Waals surface area contributed by atoms with Gasteiger partial charge in [-0.3, -0.25) is 15.6 Å². The monoisotopic (exact) mass is 274 g/mol. The van der Waals surface area contributed by atoms with Gasteiger partial charge in [0.1, 0.15) is 5.69 Å². The van der Waals surface area contributed by atoms with Gasteiger partial charge in [-0.25, -0.2) is 4.98 Å². The highest BCUT2D eigenvalue weighted by molar-refractivity contribution is 9.10. The van der Waals surface area contributed by atoms with Gasteiger partial charge in [0.05, 0.1) is 0 Å².